The first-order chi connectivity index (χ1) is 9.90. The van der Waals surface area contributed by atoms with Crippen LogP contribution in [-0.4, -0.2) is 20.6 Å². The number of nitrogens with zero attached hydrogens (tertiary/aromatic N) is 1. The molecule has 1 aliphatic carbocycles. The second kappa shape index (κ2) is 6.10. The molecule has 1 N–H and O–H groups in total. The Morgan fingerprint density at radius 3 is 2.52 bits per heavy atom. The molecule has 0 aromatic heterocycles. The lowest BCUT2D eigenvalue weighted by molar-refractivity contribution is -0.119. The molecule has 1 aromatic rings. The fraction of sp³-hybridized carbons (Fsp3) is 0.333. The molecule has 0 heterocycles. The van der Waals surface area contributed by atoms with Crippen LogP contribution in [-0.2, 0) is 21.1 Å². The van der Waals surface area contributed by atoms with Crippen molar-refractivity contribution in [1.82, 2.24) is 5.32 Å². The maximum absolute atomic E-state index is 11.9. The number of nitriles is 1. The summed E-state index contributed by atoms with van der Waals surface area (Å²) < 4.78 is 22.7. The summed E-state index contributed by atoms with van der Waals surface area (Å²) in [5.74, 6) is -0.188. The molecular formula is C15H16N2O3S. The zero-order valence-electron chi connectivity index (χ0n) is 11.7. The molecule has 1 aliphatic rings. The van der Waals surface area contributed by atoms with Gasteiger partial charge in [0.25, 0.3) is 0 Å². The van der Waals surface area contributed by atoms with E-state index in [0.29, 0.717) is 5.57 Å². The van der Waals surface area contributed by atoms with E-state index < -0.39 is 9.84 Å². The topological polar surface area (TPSA) is 87.0 Å². The maximum Gasteiger partial charge on any atom is 0.228 e. The molecule has 0 atom stereocenters. The van der Waals surface area contributed by atoms with Crippen LogP contribution in [0.4, 0.5) is 0 Å². The van der Waals surface area contributed by atoms with E-state index in [1.54, 1.807) is 12.1 Å². The predicted molar refractivity (Wildman–Crippen MR) is 77.9 cm³/mol. The Balaban J connectivity index is 2.02. The van der Waals surface area contributed by atoms with Crippen LogP contribution in [0.3, 0.4) is 0 Å². The fourth-order valence-electron chi connectivity index (χ4n) is 2.26. The first-order valence-corrected chi connectivity index (χ1v) is 8.50. The minimum atomic E-state index is -3.22. The molecule has 0 spiro atoms. The Morgan fingerprint density at radius 2 is 1.95 bits per heavy atom. The number of hydrogen-bond acceptors (Lipinski definition) is 4. The zero-order chi connectivity index (χ0) is 15.5. The molecule has 110 valence electrons. The molecule has 0 fully saturated rings. The number of nitrogens with one attached hydrogen (secondary N) is 1. The Kier molecular flexibility index (Phi) is 4.43. The summed E-state index contributed by atoms with van der Waals surface area (Å²) in [4.78, 5) is 12.2. The molecule has 1 amide bonds. The molecule has 5 nitrogen and oxygen atoms in total. The maximum atomic E-state index is 11.9. The highest BCUT2D eigenvalue weighted by molar-refractivity contribution is 7.90. The molecule has 1 aromatic carbocycles. The van der Waals surface area contributed by atoms with Crippen molar-refractivity contribution in [3.05, 3.63) is 41.1 Å². The largest absolute Gasteiger partial charge is 0.329 e. The van der Waals surface area contributed by atoms with E-state index in [-0.39, 0.29) is 17.2 Å². The number of sulfone groups is 1. The molecule has 21 heavy (non-hydrogen) atoms. The summed E-state index contributed by atoms with van der Waals surface area (Å²) in [6.45, 7) is 0. The summed E-state index contributed by atoms with van der Waals surface area (Å²) in [5.41, 5.74) is 2.10. The van der Waals surface area contributed by atoms with Gasteiger partial charge in [0, 0.05) is 17.5 Å². The molecule has 0 unspecified atom stereocenters. The number of benzene rings is 1. The third-order valence-corrected chi connectivity index (χ3v) is 4.49. The SMILES string of the molecule is CS(=O)(=O)c1ccc(CC(=O)NC2=C(C#N)CCC2)cc1. The summed E-state index contributed by atoms with van der Waals surface area (Å²) >= 11 is 0. The normalized spacial score (nSPS) is 14.9. The van der Waals surface area contributed by atoms with Crippen molar-refractivity contribution >= 4 is 15.7 Å². The van der Waals surface area contributed by atoms with Gasteiger partial charge in [-0.3, -0.25) is 4.79 Å². The van der Waals surface area contributed by atoms with Gasteiger partial charge >= 0.3 is 0 Å². The van der Waals surface area contributed by atoms with Crippen molar-refractivity contribution in [2.75, 3.05) is 6.26 Å². The lowest BCUT2D eigenvalue weighted by Gasteiger charge is -2.07. The lowest BCUT2D eigenvalue weighted by Crippen LogP contribution is -2.24. The van der Waals surface area contributed by atoms with E-state index >= 15 is 0 Å². The van der Waals surface area contributed by atoms with Crippen LogP contribution in [0.2, 0.25) is 0 Å². The van der Waals surface area contributed by atoms with Gasteiger partial charge in [-0.1, -0.05) is 12.1 Å². The average molecular weight is 304 g/mol. The monoisotopic (exact) mass is 304 g/mol. The third kappa shape index (κ3) is 3.92. The Hall–Kier alpha value is -2.13. The van der Waals surface area contributed by atoms with Crippen LogP contribution >= 0.6 is 0 Å². The van der Waals surface area contributed by atoms with Gasteiger partial charge in [-0.05, 0) is 37.0 Å². The van der Waals surface area contributed by atoms with Crippen molar-refractivity contribution < 1.29 is 13.2 Å². The van der Waals surface area contributed by atoms with Crippen LogP contribution in [0.5, 0.6) is 0 Å². The van der Waals surface area contributed by atoms with Gasteiger partial charge in [0.1, 0.15) is 0 Å². The molecular weight excluding hydrogens is 288 g/mol. The van der Waals surface area contributed by atoms with Crippen LogP contribution < -0.4 is 5.32 Å². The fourth-order valence-corrected chi connectivity index (χ4v) is 2.89. The zero-order valence-corrected chi connectivity index (χ0v) is 12.5. The summed E-state index contributed by atoms with van der Waals surface area (Å²) in [6.07, 6.45) is 3.63. The Labute approximate surface area is 124 Å². The van der Waals surface area contributed by atoms with Crippen molar-refractivity contribution in [1.29, 1.82) is 5.26 Å². The third-order valence-electron chi connectivity index (χ3n) is 3.36. The first kappa shape index (κ1) is 15.3. The number of hydrogen-bond donors (Lipinski definition) is 1. The van der Waals surface area contributed by atoms with Crippen LogP contribution in [0.1, 0.15) is 24.8 Å². The highest BCUT2D eigenvalue weighted by Gasteiger charge is 2.16. The molecule has 6 heteroatoms. The number of rotatable bonds is 4. The van der Waals surface area contributed by atoms with Crippen molar-refractivity contribution in [3.63, 3.8) is 0 Å². The summed E-state index contributed by atoms with van der Waals surface area (Å²) in [6, 6.07) is 8.35. The standard InChI is InChI=1S/C15H16N2O3S/c1-21(19,20)13-7-5-11(6-8-13)9-15(18)17-14-4-2-3-12(14)10-16/h5-8H,2-4,9H2,1H3,(H,17,18). The van der Waals surface area contributed by atoms with E-state index in [9.17, 15) is 13.2 Å². The quantitative estimate of drug-likeness (QED) is 0.917. The van der Waals surface area contributed by atoms with Crippen LogP contribution in [0, 0.1) is 11.3 Å². The molecule has 0 saturated heterocycles. The smallest absolute Gasteiger partial charge is 0.228 e. The second-order valence-corrected chi connectivity index (χ2v) is 7.08. The van der Waals surface area contributed by atoms with Crippen LogP contribution in [0.25, 0.3) is 0 Å². The molecule has 0 saturated carbocycles. The molecule has 2 rings (SSSR count). The van der Waals surface area contributed by atoms with E-state index in [2.05, 4.69) is 11.4 Å². The van der Waals surface area contributed by atoms with E-state index in [4.69, 9.17) is 5.26 Å². The van der Waals surface area contributed by atoms with Gasteiger partial charge in [-0.25, -0.2) is 8.42 Å². The van der Waals surface area contributed by atoms with Gasteiger partial charge in [-0.15, -0.1) is 0 Å². The van der Waals surface area contributed by atoms with Gasteiger partial charge in [0.15, 0.2) is 9.84 Å². The van der Waals surface area contributed by atoms with Crippen molar-refractivity contribution in [2.24, 2.45) is 0 Å². The van der Waals surface area contributed by atoms with Crippen molar-refractivity contribution in [3.8, 4) is 6.07 Å². The van der Waals surface area contributed by atoms with Gasteiger partial charge in [0.05, 0.1) is 17.4 Å². The average Bonchev–Trinajstić information content (AvgIpc) is 2.85. The summed E-state index contributed by atoms with van der Waals surface area (Å²) in [7, 11) is -3.22. The van der Waals surface area contributed by atoms with Crippen molar-refractivity contribution in [2.45, 2.75) is 30.6 Å². The highest BCUT2D eigenvalue weighted by atomic mass is 32.2. The molecule has 0 bridgehead atoms. The highest BCUT2D eigenvalue weighted by Crippen LogP contribution is 2.23. The second-order valence-electron chi connectivity index (χ2n) is 5.06. The van der Waals surface area contributed by atoms with Gasteiger partial charge in [0.2, 0.25) is 5.91 Å². The Bertz CT molecular complexity index is 725. The van der Waals surface area contributed by atoms with E-state index in [1.807, 2.05) is 0 Å². The minimum absolute atomic E-state index is 0.159. The van der Waals surface area contributed by atoms with Gasteiger partial charge in [-0.2, -0.15) is 5.26 Å². The predicted octanol–water partition coefficient (Wildman–Crippen LogP) is 1.71. The first-order valence-electron chi connectivity index (χ1n) is 6.61. The van der Waals surface area contributed by atoms with Gasteiger partial charge < -0.3 is 5.32 Å². The number of carbonyl (C=O) groups is 1. The minimum Gasteiger partial charge on any atom is -0.329 e. The number of allylic oxidation sites excluding steroid dienone is 2. The van der Waals surface area contributed by atoms with E-state index in [0.717, 1.165) is 36.8 Å². The summed E-state index contributed by atoms with van der Waals surface area (Å²) in [5, 5.41) is 11.7. The van der Waals surface area contributed by atoms with E-state index in [1.165, 1.54) is 12.1 Å². The molecule has 0 radical (unpaired) electrons. The lowest BCUT2D eigenvalue weighted by atomic mass is 10.1. The number of carbonyl (C=O) groups excluding carboxylic acids is 1. The molecule has 0 aliphatic heterocycles. The Morgan fingerprint density at radius 1 is 1.29 bits per heavy atom. The van der Waals surface area contributed by atoms with Crippen LogP contribution in [0.15, 0.2) is 40.4 Å². The number of amides is 1.